The molecule has 2 nitrogen and oxygen atoms in total. The number of rotatable bonds is 5. The van der Waals surface area contributed by atoms with Gasteiger partial charge in [0.15, 0.2) is 0 Å². The summed E-state index contributed by atoms with van der Waals surface area (Å²) in [6.07, 6.45) is 1.85. The Kier molecular flexibility index (Phi) is 4.33. The molecular weight excluding hydrogens is 282 g/mol. The molecule has 23 heavy (non-hydrogen) atoms. The third kappa shape index (κ3) is 3.70. The first-order chi connectivity index (χ1) is 11.0. The van der Waals surface area contributed by atoms with Crippen molar-refractivity contribution in [2.24, 2.45) is 0 Å². The van der Waals surface area contributed by atoms with Gasteiger partial charge in [-0.3, -0.25) is 4.79 Å². The van der Waals surface area contributed by atoms with Crippen LogP contribution in [0.1, 0.15) is 42.0 Å². The molecule has 3 rings (SSSR count). The van der Waals surface area contributed by atoms with E-state index < -0.39 is 0 Å². The fourth-order valence-corrected chi connectivity index (χ4v) is 3.03. The van der Waals surface area contributed by atoms with Gasteiger partial charge in [-0.2, -0.15) is 0 Å². The molecule has 2 aromatic rings. The number of benzene rings is 2. The van der Waals surface area contributed by atoms with Crippen molar-refractivity contribution < 1.29 is 4.79 Å². The van der Waals surface area contributed by atoms with E-state index in [0.29, 0.717) is 18.8 Å². The summed E-state index contributed by atoms with van der Waals surface area (Å²) >= 11 is 0. The Morgan fingerprint density at radius 2 is 1.74 bits per heavy atom. The summed E-state index contributed by atoms with van der Waals surface area (Å²) in [5, 5.41) is 3.25. The molecule has 0 aliphatic carbocycles. The third-order valence-corrected chi connectivity index (χ3v) is 4.33. The first-order valence-electron chi connectivity index (χ1n) is 8.18. The van der Waals surface area contributed by atoms with Crippen LogP contribution >= 0.6 is 0 Å². The molecule has 1 aliphatic heterocycles. The molecule has 1 N–H and O–H groups in total. The van der Waals surface area contributed by atoms with Gasteiger partial charge in [0.05, 0.1) is 0 Å². The van der Waals surface area contributed by atoms with Crippen molar-refractivity contribution in [2.75, 3.05) is 5.32 Å². The van der Waals surface area contributed by atoms with Gasteiger partial charge in [-0.15, -0.1) is 0 Å². The summed E-state index contributed by atoms with van der Waals surface area (Å²) in [6, 6.07) is 14.6. The zero-order valence-electron chi connectivity index (χ0n) is 13.9. The van der Waals surface area contributed by atoms with Crippen molar-refractivity contribution >= 4 is 11.5 Å². The Bertz CT molecular complexity index is 741. The molecule has 0 saturated heterocycles. The maximum atomic E-state index is 12.3. The van der Waals surface area contributed by atoms with Crippen LogP contribution in [0, 0.1) is 0 Å². The summed E-state index contributed by atoms with van der Waals surface area (Å²) in [5.74, 6) is 0.779. The number of hydrogen-bond donors (Lipinski definition) is 1. The lowest BCUT2D eigenvalue weighted by Crippen LogP contribution is -2.07. The van der Waals surface area contributed by atoms with Gasteiger partial charge in [0.1, 0.15) is 5.78 Å². The number of hydrogen-bond acceptors (Lipinski definition) is 2. The second-order valence-corrected chi connectivity index (χ2v) is 6.69. The van der Waals surface area contributed by atoms with Crippen LogP contribution in [0.4, 0.5) is 5.69 Å². The predicted molar refractivity (Wildman–Crippen MR) is 95.9 cm³/mol. The van der Waals surface area contributed by atoms with E-state index >= 15 is 0 Å². The predicted octanol–water partition coefficient (Wildman–Crippen LogP) is 4.65. The van der Waals surface area contributed by atoms with Gasteiger partial charge in [0.2, 0.25) is 0 Å². The number of allylic oxidation sites excluding steroid dienone is 1. The highest BCUT2D eigenvalue weighted by Gasteiger charge is 2.14. The lowest BCUT2D eigenvalue weighted by Gasteiger charge is -2.07. The fourth-order valence-electron chi connectivity index (χ4n) is 3.03. The van der Waals surface area contributed by atoms with Crippen molar-refractivity contribution in [1.82, 2.24) is 0 Å². The average Bonchev–Trinajstić information content (AvgIpc) is 2.87. The largest absolute Gasteiger partial charge is 0.359 e. The summed E-state index contributed by atoms with van der Waals surface area (Å²) in [5.41, 5.74) is 6.87. The minimum absolute atomic E-state index is 0.257. The van der Waals surface area contributed by atoms with E-state index in [1.54, 1.807) is 0 Å². The quantitative estimate of drug-likeness (QED) is 0.871. The summed E-state index contributed by atoms with van der Waals surface area (Å²) in [6.45, 7) is 8.31. The highest BCUT2D eigenvalue weighted by Crippen LogP contribution is 2.28. The lowest BCUT2D eigenvalue weighted by molar-refractivity contribution is -0.117. The Labute approximate surface area is 138 Å². The molecular formula is C21H23NO. The highest BCUT2D eigenvalue weighted by molar-refractivity contribution is 5.83. The Morgan fingerprint density at radius 1 is 1.09 bits per heavy atom. The zero-order chi connectivity index (χ0) is 16.4. The highest BCUT2D eigenvalue weighted by atomic mass is 16.1. The van der Waals surface area contributed by atoms with Crippen LogP contribution < -0.4 is 5.32 Å². The first-order valence-corrected chi connectivity index (χ1v) is 8.18. The average molecular weight is 305 g/mol. The number of ketones is 1. The maximum absolute atomic E-state index is 12.3. The van der Waals surface area contributed by atoms with E-state index in [0.717, 1.165) is 28.9 Å². The Morgan fingerprint density at radius 3 is 2.43 bits per heavy atom. The molecule has 0 aromatic heterocycles. The third-order valence-electron chi connectivity index (χ3n) is 4.33. The SMILES string of the molecule is C=C1Cc2cc(CC(=O)Cc3ccc(C(C)C)cc3)ccc2N1. The minimum atomic E-state index is 0.257. The van der Waals surface area contributed by atoms with E-state index in [1.165, 1.54) is 11.1 Å². The second kappa shape index (κ2) is 6.41. The number of fused-ring (bicyclic) bond motifs is 1. The normalized spacial score (nSPS) is 13.1. The van der Waals surface area contributed by atoms with Crippen LogP contribution in [-0.4, -0.2) is 5.78 Å². The van der Waals surface area contributed by atoms with Gasteiger partial charge >= 0.3 is 0 Å². The van der Waals surface area contributed by atoms with Crippen LogP contribution in [0.2, 0.25) is 0 Å². The number of anilines is 1. The minimum Gasteiger partial charge on any atom is -0.359 e. The number of Topliss-reactive ketones (excluding diaryl/α,β-unsaturated/α-hetero) is 1. The van der Waals surface area contributed by atoms with Crippen LogP contribution in [0.5, 0.6) is 0 Å². The first kappa shape index (κ1) is 15.5. The van der Waals surface area contributed by atoms with Crippen molar-refractivity contribution in [3.05, 3.63) is 77.0 Å². The molecule has 1 aliphatic rings. The zero-order valence-corrected chi connectivity index (χ0v) is 13.9. The van der Waals surface area contributed by atoms with Crippen molar-refractivity contribution in [2.45, 2.75) is 39.0 Å². The molecule has 0 fully saturated rings. The topological polar surface area (TPSA) is 29.1 Å². The van der Waals surface area contributed by atoms with Crippen molar-refractivity contribution in [3.8, 4) is 0 Å². The molecule has 0 amide bonds. The van der Waals surface area contributed by atoms with Crippen molar-refractivity contribution in [1.29, 1.82) is 0 Å². The Balaban J connectivity index is 1.63. The van der Waals surface area contributed by atoms with Gasteiger partial charge in [-0.1, -0.05) is 56.8 Å². The molecule has 0 atom stereocenters. The standard InChI is InChI=1S/C21H23NO/c1-14(2)18-7-4-16(5-8-18)12-20(23)13-17-6-9-21-19(11-17)10-15(3)22-21/h4-9,11,14,22H,3,10,12-13H2,1-2H3. The van der Waals surface area contributed by atoms with Gasteiger partial charge in [0, 0.05) is 30.6 Å². The molecule has 0 radical (unpaired) electrons. The molecule has 118 valence electrons. The van der Waals surface area contributed by atoms with E-state index in [9.17, 15) is 4.79 Å². The van der Waals surface area contributed by atoms with E-state index in [4.69, 9.17) is 0 Å². The second-order valence-electron chi connectivity index (χ2n) is 6.69. The number of carbonyl (C=O) groups excluding carboxylic acids is 1. The van der Waals surface area contributed by atoms with E-state index in [-0.39, 0.29) is 5.78 Å². The van der Waals surface area contributed by atoms with E-state index in [2.05, 4.69) is 56.1 Å². The lowest BCUT2D eigenvalue weighted by atomic mass is 9.97. The van der Waals surface area contributed by atoms with Gasteiger partial charge in [-0.05, 0) is 34.2 Å². The van der Waals surface area contributed by atoms with Gasteiger partial charge in [-0.25, -0.2) is 0 Å². The Hall–Kier alpha value is -2.35. The van der Waals surface area contributed by atoms with Crippen LogP contribution in [0.3, 0.4) is 0 Å². The summed E-state index contributed by atoms with van der Waals surface area (Å²) in [4.78, 5) is 12.3. The maximum Gasteiger partial charge on any atom is 0.141 e. The fraction of sp³-hybridized carbons (Fsp3) is 0.286. The van der Waals surface area contributed by atoms with Gasteiger partial charge in [0.25, 0.3) is 0 Å². The smallest absolute Gasteiger partial charge is 0.141 e. The van der Waals surface area contributed by atoms with Crippen molar-refractivity contribution in [3.63, 3.8) is 0 Å². The molecule has 2 heteroatoms. The molecule has 0 spiro atoms. The molecule has 0 saturated carbocycles. The molecule has 1 heterocycles. The molecule has 0 unspecified atom stereocenters. The summed E-state index contributed by atoms with van der Waals surface area (Å²) in [7, 11) is 0. The van der Waals surface area contributed by atoms with Crippen LogP contribution in [-0.2, 0) is 24.1 Å². The number of carbonyl (C=O) groups is 1. The van der Waals surface area contributed by atoms with Gasteiger partial charge < -0.3 is 5.32 Å². The molecule has 0 bridgehead atoms. The number of nitrogens with one attached hydrogen (secondary N) is 1. The summed E-state index contributed by atoms with van der Waals surface area (Å²) < 4.78 is 0. The van der Waals surface area contributed by atoms with E-state index in [1.807, 2.05) is 12.1 Å². The molecule has 2 aromatic carbocycles. The monoisotopic (exact) mass is 305 g/mol. The van der Waals surface area contributed by atoms with Crippen LogP contribution in [0.15, 0.2) is 54.7 Å². The van der Waals surface area contributed by atoms with Crippen LogP contribution in [0.25, 0.3) is 0 Å².